The van der Waals surface area contributed by atoms with Crippen LogP contribution < -0.4 is 5.32 Å². The molecule has 1 N–H and O–H groups in total. The average Bonchev–Trinajstić information content (AvgIpc) is 2.99. The third-order valence-electron chi connectivity index (χ3n) is 4.12. The molecule has 2 aromatic heterocycles. The van der Waals surface area contributed by atoms with Gasteiger partial charge < -0.3 is 10.2 Å². The quantitative estimate of drug-likeness (QED) is 0.712. The second-order valence-electron chi connectivity index (χ2n) is 6.42. The Hall–Kier alpha value is -2.45. The molecule has 138 valence electrons. The van der Waals surface area contributed by atoms with Crippen molar-refractivity contribution in [3.63, 3.8) is 0 Å². The van der Waals surface area contributed by atoms with Crippen molar-refractivity contribution in [2.45, 2.75) is 23.1 Å². The predicted octanol–water partition coefficient (Wildman–Crippen LogP) is 2.02. The van der Waals surface area contributed by atoms with Crippen molar-refractivity contribution < 1.29 is 8.42 Å². The van der Waals surface area contributed by atoms with Crippen molar-refractivity contribution in [2.24, 2.45) is 0 Å². The van der Waals surface area contributed by atoms with E-state index in [1.165, 1.54) is 0 Å². The highest BCUT2D eigenvalue weighted by Gasteiger charge is 2.29. The first-order valence-electron chi connectivity index (χ1n) is 8.36. The number of hydrogen-bond acceptors (Lipinski definition) is 6. The topological polar surface area (TPSA) is 79.6 Å². The average molecular weight is 373 g/mol. The van der Waals surface area contributed by atoms with Gasteiger partial charge in [-0.3, -0.25) is 0 Å². The standard InChI is InChI=1S/C18H23N5O2S/c1-13-12-14(10-11-22(3)4)23-18(20-13)16(17(19-2)21-23)26(24,25)15-8-6-5-7-9-15/h5-9,12H,10-11H2,1-4H3,(H,19,21). The van der Waals surface area contributed by atoms with Gasteiger partial charge in [0.05, 0.1) is 4.90 Å². The van der Waals surface area contributed by atoms with Crippen LogP contribution in [0.1, 0.15) is 11.4 Å². The summed E-state index contributed by atoms with van der Waals surface area (Å²) in [7, 11) is 1.91. The molecule has 0 amide bonds. The minimum Gasteiger partial charge on any atom is -0.370 e. The molecular formula is C18H23N5O2S. The van der Waals surface area contributed by atoms with E-state index in [2.05, 4.69) is 20.3 Å². The minimum absolute atomic E-state index is 0.112. The lowest BCUT2D eigenvalue weighted by atomic mass is 10.2. The first-order valence-corrected chi connectivity index (χ1v) is 9.85. The lowest BCUT2D eigenvalue weighted by Crippen LogP contribution is -2.17. The van der Waals surface area contributed by atoms with Gasteiger partial charge in [0.1, 0.15) is 0 Å². The van der Waals surface area contributed by atoms with E-state index >= 15 is 0 Å². The van der Waals surface area contributed by atoms with E-state index in [0.717, 1.165) is 24.4 Å². The molecule has 3 aromatic rings. The lowest BCUT2D eigenvalue weighted by Gasteiger charge is -2.11. The summed E-state index contributed by atoms with van der Waals surface area (Å²) < 4.78 is 28.1. The molecule has 0 bridgehead atoms. The molecule has 8 heteroatoms. The lowest BCUT2D eigenvalue weighted by molar-refractivity contribution is 0.410. The van der Waals surface area contributed by atoms with E-state index in [1.807, 2.05) is 27.1 Å². The summed E-state index contributed by atoms with van der Waals surface area (Å²) in [6, 6.07) is 10.3. The number of rotatable bonds is 6. The number of sulfone groups is 1. The Morgan fingerprint density at radius 1 is 1.19 bits per heavy atom. The third kappa shape index (κ3) is 3.30. The van der Waals surface area contributed by atoms with Gasteiger partial charge in [-0.15, -0.1) is 5.10 Å². The molecule has 0 saturated carbocycles. The Morgan fingerprint density at radius 3 is 2.50 bits per heavy atom. The zero-order valence-corrected chi connectivity index (χ0v) is 16.2. The predicted molar refractivity (Wildman–Crippen MR) is 101 cm³/mol. The summed E-state index contributed by atoms with van der Waals surface area (Å²) in [4.78, 5) is 6.91. The van der Waals surface area contributed by atoms with Crippen LogP contribution in [0.3, 0.4) is 0 Å². The molecule has 7 nitrogen and oxygen atoms in total. The van der Waals surface area contributed by atoms with Crippen LogP contribution in [0, 0.1) is 6.92 Å². The van der Waals surface area contributed by atoms with Crippen LogP contribution in [-0.2, 0) is 16.3 Å². The largest absolute Gasteiger partial charge is 0.370 e. The SMILES string of the molecule is CNc1nn2c(CCN(C)C)cc(C)nc2c1S(=O)(=O)c1ccccc1. The molecule has 0 fully saturated rings. The van der Waals surface area contributed by atoms with Crippen LogP contribution in [0.25, 0.3) is 5.65 Å². The summed E-state index contributed by atoms with van der Waals surface area (Å²) in [5.41, 5.74) is 2.04. The Balaban J connectivity index is 2.26. The molecule has 0 spiro atoms. The molecule has 0 aliphatic carbocycles. The van der Waals surface area contributed by atoms with Crippen molar-refractivity contribution in [1.82, 2.24) is 19.5 Å². The number of hydrogen-bond donors (Lipinski definition) is 1. The van der Waals surface area contributed by atoms with E-state index < -0.39 is 9.84 Å². The van der Waals surface area contributed by atoms with Crippen LogP contribution in [0.5, 0.6) is 0 Å². The van der Waals surface area contributed by atoms with Gasteiger partial charge >= 0.3 is 0 Å². The van der Waals surface area contributed by atoms with Crippen LogP contribution in [0.4, 0.5) is 5.82 Å². The number of nitrogens with zero attached hydrogens (tertiary/aromatic N) is 4. The number of benzene rings is 1. The van der Waals surface area contributed by atoms with E-state index in [9.17, 15) is 8.42 Å². The van der Waals surface area contributed by atoms with E-state index in [-0.39, 0.29) is 9.79 Å². The highest BCUT2D eigenvalue weighted by molar-refractivity contribution is 7.91. The Morgan fingerprint density at radius 2 is 1.88 bits per heavy atom. The first-order chi connectivity index (χ1) is 12.3. The first kappa shape index (κ1) is 18.3. The number of anilines is 1. The van der Waals surface area contributed by atoms with Crippen molar-refractivity contribution in [1.29, 1.82) is 0 Å². The van der Waals surface area contributed by atoms with Crippen LogP contribution in [0.2, 0.25) is 0 Å². The normalized spacial score (nSPS) is 12.0. The molecule has 0 atom stereocenters. The molecule has 0 aliphatic heterocycles. The molecule has 0 saturated heterocycles. The van der Waals surface area contributed by atoms with Crippen molar-refractivity contribution in [2.75, 3.05) is 33.0 Å². The molecule has 1 aromatic carbocycles. The van der Waals surface area contributed by atoms with Crippen molar-refractivity contribution in [3.8, 4) is 0 Å². The summed E-state index contributed by atoms with van der Waals surface area (Å²) in [5.74, 6) is 0.304. The highest BCUT2D eigenvalue weighted by atomic mass is 32.2. The van der Waals surface area contributed by atoms with Gasteiger partial charge in [-0.05, 0) is 39.2 Å². The Labute approximate surface area is 153 Å². The number of aromatic nitrogens is 3. The molecule has 0 unspecified atom stereocenters. The fourth-order valence-electron chi connectivity index (χ4n) is 2.84. The summed E-state index contributed by atoms with van der Waals surface area (Å²) in [6.07, 6.45) is 0.739. The second kappa shape index (κ2) is 7.05. The number of nitrogens with one attached hydrogen (secondary N) is 1. The van der Waals surface area contributed by atoms with Crippen LogP contribution in [0.15, 0.2) is 46.2 Å². The summed E-state index contributed by atoms with van der Waals surface area (Å²) in [5, 5.41) is 7.40. The van der Waals surface area contributed by atoms with Gasteiger partial charge in [-0.1, -0.05) is 18.2 Å². The Bertz CT molecular complexity index is 1030. The summed E-state index contributed by atoms with van der Waals surface area (Å²) >= 11 is 0. The second-order valence-corrected chi connectivity index (χ2v) is 8.31. The van der Waals surface area contributed by atoms with Gasteiger partial charge in [0.15, 0.2) is 16.4 Å². The van der Waals surface area contributed by atoms with Gasteiger partial charge in [0.2, 0.25) is 9.84 Å². The van der Waals surface area contributed by atoms with Gasteiger partial charge in [-0.25, -0.2) is 17.9 Å². The van der Waals surface area contributed by atoms with Crippen LogP contribution >= 0.6 is 0 Å². The molecular weight excluding hydrogens is 350 g/mol. The monoisotopic (exact) mass is 373 g/mol. The third-order valence-corrected chi connectivity index (χ3v) is 5.93. The number of aryl methyl sites for hydroxylation is 1. The molecule has 26 heavy (non-hydrogen) atoms. The number of likely N-dealkylation sites (N-methyl/N-ethyl adjacent to an activating group) is 1. The minimum atomic E-state index is -3.75. The van der Waals surface area contributed by atoms with E-state index in [1.54, 1.807) is 41.9 Å². The maximum atomic E-state index is 13.2. The Kier molecular flexibility index (Phi) is 4.97. The zero-order chi connectivity index (χ0) is 18.9. The van der Waals surface area contributed by atoms with E-state index in [4.69, 9.17) is 0 Å². The van der Waals surface area contributed by atoms with Gasteiger partial charge in [-0.2, -0.15) is 0 Å². The molecule has 3 rings (SSSR count). The smallest absolute Gasteiger partial charge is 0.214 e. The number of fused-ring (bicyclic) bond motifs is 1. The molecule has 2 heterocycles. The zero-order valence-electron chi connectivity index (χ0n) is 15.4. The fraction of sp³-hybridized carbons (Fsp3) is 0.333. The van der Waals surface area contributed by atoms with Crippen molar-refractivity contribution in [3.05, 3.63) is 47.8 Å². The van der Waals surface area contributed by atoms with Crippen molar-refractivity contribution >= 4 is 21.3 Å². The van der Waals surface area contributed by atoms with Gasteiger partial charge in [0.25, 0.3) is 0 Å². The maximum Gasteiger partial charge on any atom is 0.214 e. The maximum absolute atomic E-state index is 13.2. The fourth-order valence-corrected chi connectivity index (χ4v) is 4.36. The molecule has 0 aliphatic rings. The van der Waals surface area contributed by atoms with E-state index in [0.29, 0.717) is 11.5 Å². The molecule has 0 radical (unpaired) electrons. The highest BCUT2D eigenvalue weighted by Crippen LogP contribution is 2.31. The van der Waals surface area contributed by atoms with Crippen LogP contribution in [-0.4, -0.2) is 55.6 Å². The summed E-state index contributed by atoms with van der Waals surface area (Å²) in [6.45, 7) is 2.69. The van der Waals surface area contributed by atoms with Gasteiger partial charge in [0, 0.05) is 31.4 Å².